The molecule has 1 unspecified atom stereocenters. The summed E-state index contributed by atoms with van der Waals surface area (Å²) in [4.78, 5) is 31.3. The Bertz CT molecular complexity index is 821. The number of amides is 2. The smallest absolute Gasteiger partial charge is 0.253 e. The van der Waals surface area contributed by atoms with E-state index in [1.165, 1.54) is 0 Å². The van der Waals surface area contributed by atoms with E-state index < -0.39 is 0 Å². The predicted molar refractivity (Wildman–Crippen MR) is 103 cm³/mol. The van der Waals surface area contributed by atoms with E-state index in [-0.39, 0.29) is 17.7 Å². The molecule has 7 heteroatoms. The molecule has 0 saturated carbocycles. The van der Waals surface area contributed by atoms with Crippen LogP contribution in [0.2, 0.25) is 10.0 Å². The summed E-state index contributed by atoms with van der Waals surface area (Å²) < 4.78 is 0. The minimum absolute atomic E-state index is 0.121. The van der Waals surface area contributed by atoms with Crippen LogP contribution in [0.3, 0.4) is 0 Å². The molecule has 2 aromatic rings. The molecule has 136 valence electrons. The van der Waals surface area contributed by atoms with Crippen molar-refractivity contribution in [2.24, 2.45) is 5.92 Å². The van der Waals surface area contributed by atoms with Crippen LogP contribution in [0.25, 0.3) is 0 Å². The third kappa shape index (κ3) is 4.54. The fourth-order valence-electron chi connectivity index (χ4n) is 3.08. The molecule has 2 amide bonds. The Morgan fingerprint density at radius 3 is 2.62 bits per heavy atom. The Morgan fingerprint density at radius 2 is 1.92 bits per heavy atom. The van der Waals surface area contributed by atoms with Gasteiger partial charge >= 0.3 is 0 Å². The molecular formula is C19H19Cl2N3O2. The number of nitrogens with zero attached hydrogens (tertiary/aromatic N) is 2. The molecule has 0 radical (unpaired) electrons. The van der Waals surface area contributed by atoms with Gasteiger partial charge in [-0.1, -0.05) is 29.3 Å². The number of nitrogens with one attached hydrogen (secondary N) is 1. The third-order valence-electron chi connectivity index (χ3n) is 4.33. The highest BCUT2D eigenvalue weighted by molar-refractivity contribution is 6.35. The molecule has 0 aliphatic carbocycles. The van der Waals surface area contributed by atoms with Crippen LogP contribution >= 0.6 is 23.2 Å². The van der Waals surface area contributed by atoms with Gasteiger partial charge in [-0.15, -0.1) is 0 Å². The zero-order valence-corrected chi connectivity index (χ0v) is 15.8. The van der Waals surface area contributed by atoms with Gasteiger partial charge in [-0.3, -0.25) is 9.59 Å². The van der Waals surface area contributed by atoms with Crippen molar-refractivity contribution in [2.75, 3.05) is 18.4 Å². The second-order valence-electron chi connectivity index (χ2n) is 6.40. The molecule has 1 aliphatic heterocycles. The molecule has 1 aromatic carbocycles. The summed E-state index contributed by atoms with van der Waals surface area (Å²) >= 11 is 12.0. The van der Waals surface area contributed by atoms with Crippen molar-refractivity contribution in [3.05, 3.63) is 57.7 Å². The quantitative estimate of drug-likeness (QED) is 0.852. The minimum atomic E-state index is -0.273. The number of hydrogen-bond donors (Lipinski definition) is 1. The largest absolute Gasteiger partial charge is 0.338 e. The van der Waals surface area contributed by atoms with Crippen molar-refractivity contribution in [1.82, 2.24) is 9.88 Å². The number of aromatic nitrogens is 1. The fraction of sp³-hybridized carbons (Fsp3) is 0.316. The lowest BCUT2D eigenvalue weighted by Gasteiger charge is -2.32. The lowest BCUT2D eigenvalue weighted by Crippen LogP contribution is -2.43. The van der Waals surface area contributed by atoms with Gasteiger partial charge in [0.25, 0.3) is 5.91 Å². The molecule has 1 atom stereocenters. The second kappa shape index (κ2) is 8.06. The molecule has 1 N–H and O–H groups in total. The topological polar surface area (TPSA) is 62.3 Å². The second-order valence-corrected chi connectivity index (χ2v) is 7.27. The standard InChI is InChI=1S/C19H19Cl2N3O2/c1-12-4-2-6-17(22-12)23-18(25)13-5-3-7-24(11-13)19(26)14-8-15(20)10-16(21)9-14/h2,4,6,8-10,13H,3,5,7,11H2,1H3,(H,22,23,25). The Morgan fingerprint density at radius 1 is 1.19 bits per heavy atom. The zero-order chi connectivity index (χ0) is 18.7. The van der Waals surface area contributed by atoms with Gasteiger partial charge in [0.15, 0.2) is 0 Å². The van der Waals surface area contributed by atoms with Gasteiger partial charge in [-0.25, -0.2) is 4.98 Å². The van der Waals surface area contributed by atoms with E-state index >= 15 is 0 Å². The first-order valence-electron chi connectivity index (χ1n) is 8.42. The number of carbonyl (C=O) groups excluding carboxylic acids is 2. The summed E-state index contributed by atoms with van der Waals surface area (Å²) in [6.07, 6.45) is 1.50. The van der Waals surface area contributed by atoms with Gasteiger partial charge in [0, 0.05) is 34.4 Å². The molecule has 1 aliphatic rings. The summed E-state index contributed by atoms with van der Waals surface area (Å²) in [6.45, 7) is 2.84. The lowest BCUT2D eigenvalue weighted by molar-refractivity contribution is -0.121. The summed E-state index contributed by atoms with van der Waals surface area (Å²) in [7, 11) is 0. The molecule has 0 spiro atoms. The monoisotopic (exact) mass is 391 g/mol. The van der Waals surface area contributed by atoms with Gasteiger partial charge in [0.2, 0.25) is 5.91 Å². The molecule has 1 saturated heterocycles. The summed E-state index contributed by atoms with van der Waals surface area (Å²) in [5.41, 5.74) is 1.27. The maximum atomic E-state index is 12.7. The van der Waals surface area contributed by atoms with Gasteiger partial charge in [-0.05, 0) is 50.1 Å². The van der Waals surface area contributed by atoms with Crippen molar-refractivity contribution in [3.8, 4) is 0 Å². The first kappa shape index (κ1) is 18.7. The number of aryl methyl sites for hydroxylation is 1. The van der Waals surface area contributed by atoms with E-state index in [9.17, 15) is 9.59 Å². The molecule has 1 aromatic heterocycles. The lowest BCUT2D eigenvalue weighted by atomic mass is 9.96. The molecule has 26 heavy (non-hydrogen) atoms. The van der Waals surface area contributed by atoms with Crippen molar-refractivity contribution in [2.45, 2.75) is 19.8 Å². The number of piperidine rings is 1. The van der Waals surface area contributed by atoms with Crippen LogP contribution in [0.5, 0.6) is 0 Å². The van der Waals surface area contributed by atoms with Crippen LogP contribution in [0, 0.1) is 12.8 Å². The highest BCUT2D eigenvalue weighted by Gasteiger charge is 2.29. The summed E-state index contributed by atoms with van der Waals surface area (Å²) in [5, 5.41) is 3.67. The first-order chi connectivity index (χ1) is 12.4. The highest BCUT2D eigenvalue weighted by Crippen LogP contribution is 2.24. The number of halogens is 2. The zero-order valence-electron chi connectivity index (χ0n) is 14.3. The van der Waals surface area contributed by atoms with E-state index in [1.807, 2.05) is 19.1 Å². The van der Waals surface area contributed by atoms with Gasteiger partial charge < -0.3 is 10.2 Å². The number of pyridine rings is 1. The molecule has 0 bridgehead atoms. The first-order valence-corrected chi connectivity index (χ1v) is 9.18. The van der Waals surface area contributed by atoms with Crippen LogP contribution in [0.1, 0.15) is 28.9 Å². The van der Waals surface area contributed by atoms with E-state index in [1.54, 1.807) is 29.2 Å². The van der Waals surface area contributed by atoms with Gasteiger partial charge in [0.05, 0.1) is 5.92 Å². The van der Waals surface area contributed by atoms with E-state index in [2.05, 4.69) is 10.3 Å². The average molecular weight is 392 g/mol. The maximum absolute atomic E-state index is 12.7. The molecule has 5 nitrogen and oxygen atoms in total. The van der Waals surface area contributed by atoms with Crippen LogP contribution < -0.4 is 5.32 Å². The fourth-order valence-corrected chi connectivity index (χ4v) is 3.60. The predicted octanol–water partition coefficient (Wildman–Crippen LogP) is 4.19. The van der Waals surface area contributed by atoms with E-state index in [0.717, 1.165) is 18.5 Å². The van der Waals surface area contributed by atoms with Crippen LogP contribution in [0.15, 0.2) is 36.4 Å². The van der Waals surface area contributed by atoms with Gasteiger partial charge in [-0.2, -0.15) is 0 Å². The summed E-state index contributed by atoms with van der Waals surface area (Å²) in [5.74, 6) is -0.0324. The number of likely N-dealkylation sites (tertiary alicyclic amines) is 1. The van der Waals surface area contributed by atoms with Crippen molar-refractivity contribution >= 4 is 40.8 Å². The average Bonchev–Trinajstić information content (AvgIpc) is 2.60. The van der Waals surface area contributed by atoms with Gasteiger partial charge in [0.1, 0.15) is 5.82 Å². The summed E-state index contributed by atoms with van der Waals surface area (Å²) in [6, 6.07) is 10.2. The number of hydrogen-bond acceptors (Lipinski definition) is 3. The van der Waals surface area contributed by atoms with Crippen LogP contribution in [-0.4, -0.2) is 34.8 Å². The maximum Gasteiger partial charge on any atom is 0.253 e. The Labute approximate surface area is 162 Å². The van der Waals surface area contributed by atoms with Crippen LogP contribution in [-0.2, 0) is 4.79 Å². The third-order valence-corrected chi connectivity index (χ3v) is 4.76. The molecule has 1 fully saturated rings. The van der Waals surface area contributed by atoms with Crippen molar-refractivity contribution in [3.63, 3.8) is 0 Å². The Hall–Kier alpha value is -2.11. The Balaban J connectivity index is 1.68. The normalized spacial score (nSPS) is 17.0. The molecule has 2 heterocycles. The van der Waals surface area contributed by atoms with Crippen molar-refractivity contribution in [1.29, 1.82) is 0 Å². The number of rotatable bonds is 3. The minimum Gasteiger partial charge on any atom is -0.338 e. The highest BCUT2D eigenvalue weighted by atomic mass is 35.5. The molecular weight excluding hydrogens is 373 g/mol. The number of benzene rings is 1. The SMILES string of the molecule is Cc1cccc(NC(=O)C2CCCN(C(=O)c3cc(Cl)cc(Cl)c3)C2)n1. The van der Waals surface area contributed by atoms with E-state index in [0.29, 0.717) is 34.5 Å². The Kier molecular flexibility index (Phi) is 5.79. The number of anilines is 1. The number of carbonyl (C=O) groups is 2. The van der Waals surface area contributed by atoms with Crippen molar-refractivity contribution < 1.29 is 9.59 Å². The molecule has 3 rings (SSSR count). The van der Waals surface area contributed by atoms with E-state index in [4.69, 9.17) is 23.2 Å². The van der Waals surface area contributed by atoms with Crippen LogP contribution in [0.4, 0.5) is 5.82 Å².